The fourth-order valence-corrected chi connectivity index (χ4v) is 6.16. The molecular formula is C36H43Cl2N3O9. The molecule has 270 valence electrons. The fourth-order valence-electron chi connectivity index (χ4n) is 5.86. The van der Waals surface area contributed by atoms with Crippen molar-refractivity contribution in [2.24, 2.45) is 23.3 Å². The van der Waals surface area contributed by atoms with Gasteiger partial charge < -0.3 is 30.8 Å². The van der Waals surface area contributed by atoms with E-state index in [2.05, 4.69) is 0 Å². The van der Waals surface area contributed by atoms with Crippen molar-refractivity contribution in [3.8, 4) is 0 Å². The SMILES string of the molecule is COC1/C=C\C=C(/C)C(=O)N(CC(=O)c2ccc(Cl)c(Cl)c2)C2=CC(=O)C(N)=C(C[C@@H](C)C[C@H](OC)[C@H](O)[C@@H](C)/C=C(\C)[C@@H]1OC(N)=O)C2=O. The van der Waals surface area contributed by atoms with Crippen LogP contribution in [0.15, 0.2) is 76.7 Å². The Labute approximate surface area is 301 Å². The van der Waals surface area contributed by atoms with E-state index < -0.39 is 66.2 Å². The van der Waals surface area contributed by atoms with Gasteiger partial charge in [-0.2, -0.15) is 0 Å². The predicted molar refractivity (Wildman–Crippen MR) is 188 cm³/mol. The van der Waals surface area contributed by atoms with Gasteiger partial charge in [0.1, 0.15) is 6.10 Å². The molecule has 3 rings (SSSR count). The second kappa shape index (κ2) is 17.7. The van der Waals surface area contributed by atoms with Crippen molar-refractivity contribution in [3.63, 3.8) is 0 Å². The maximum absolute atomic E-state index is 14.1. The number of rotatable bonds is 6. The van der Waals surface area contributed by atoms with E-state index in [0.717, 1.165) is 11.0 Å². The van der Waals surface area contributed by atoms with Crippen LogP contribution >= 0.6 is 23.2 Å². The average Bonchev–Trinajstić information content (AvgIpc) is 3.07. The van der Waals surface area contributed by atoms with Crippen LogP contribution in [0.5, 0.6) is 0 Å². The lowest BCUT2D eigenvalue weighted by atomic mass is 9.85. The maximum atomic E-state index is 14.1. The summed E-state index contributed by atoms with van der Waals surface area (Å²) in [4.78, 5) is 67.6. The van der Waals surface area contributed by atoms with E-state index in [1.807, 2.05) is 0 Å². The van der Waals surface area contributed by atoms with E-state index in [0.29, 0.717) is 5.57 Å². The van der Waals surface area contributed by atoms with Crippen LogP contribution in [0.4, 0.5) is 4.79 Å². The van der Waals surface area contributed by atoms with Gasteiger partial charge in [-0.25, -0.2) is 4.79 Å². The summed E-state index contributed by atoms with van der Waals surface area (Å²) in [5.74, 6) is -3.60. The summed E-state index contributed by atoms with van der Waals surface area (Å²) in [6.07, 6.45) is 2.64. The standard InChI is InChI=1S/C36H43Cl2N3O9/c1-18-12-23-31(39)27(42)16-26(33(23)45)41(17-28(43)22-10-11-24(37)25(38)15-22)35(46)19(2)8-7-9-29(48-5)34(50-36(40)47)21(4)14-20(3)32(44)30(13-18)49-6/h7-11,14-16,18,20,29-30,32,34,44H,12-13,17,39H2,1-6H3,(H2,40,47)/b9-7-,19-8+,21-14+/t18-,20+,29?,30+,32-,34+/m1/s1. The molecule has 0 saturated heterocycles. The van der Waals surface area contributed by atoms with Crippen LogP contribution in [0, 0.1) is 11.8 Å². The zero-order chi connectivity index (χ0) is 37.4. The summed E-state index contributed by atoms with van der Waals surface area (Å²) in [7, 11) is 2.83. The van der Waals surface area contributed by atoms with Crippen molar-refractivity contribution in [2.45, 2.75) is 65.0 Å². The Hall–Kier alpha value is -4.07. The smallest absolute Gasteiger partial charge is 0.405 e. The van der Waals surface area contributed by atoms with Crippen LogP contribution in [-0.2, 0) is 28.6 Å². The number of Topliss-reactive ketones (excluding diaryl/α,β-unsaturated/α-hetero) is 2. The van der Waals surface area contributed by atoms with Gasteiger partial charge in [-0.1, -0.05) is 61.4 Å². The molecule has 0 aromatic heterocycles. The quantitative estimate of drug-likeness (QED) is 0.212. The summed E-state index contributed by atoms with van der Waals surface area (Å²) >= 11 is 12.2. The fraction of sp³-hybridized carbons (Fsp3) is 0.417. The van der Waals surface area contributed by atoms with E-state index >= 15 is 0 Å². The number of nitrogens with zero attached hydrogens (tertiary/aromatic N) is 1. The molecule has 0 radical (unpaired) electrons. The number of amides is 2. The summed E-state index contributed by atoms with van der Waals surface area (Å²) in [6, 6.07) is 4.20. The summed E-state index contributed by atoms with van der Waals surface area (Å²) in [6.45, 7) is 6.10. The Morgan fingerprint density at radius 1 is 1.06 bits per heavy atom. The second-order valence-electron chi connectivity index (χ2n) is 12.4. The molecule has 12 nitrogen and oxygen atoms in total. The lowest BCUT2D eigenvalue weighted by Gasteiger charge is -2.30. The highest BCUT2D eigenvalue weighted by Gasteiger charge is 2.36. The summed E-state index contributed by atoms with van der Waals surface area (Å²) in [5, 5.41) is 11.6. The third-order valence-electron chi connectivity index (χ3n) is 8.63. The van der Waals surface area contributed by atoms with Crippen LogP contribution < -0.4 is 11.5 Å². The first kappa shape index (κ1) is 40.4. The number of aliphatic hydroxyl groups excluding tert-OH is 1. The number of aliphatic hydroxyl groups is 1. The molecule has 0 spiro atoms. The Morgan fingerprint density at radius 2 is 1.74 bits per heavy atom. The van der Waals surface area contributed by atoms with Gasteiger partial charge in [0.25, 0.3) is 5.91 Å². The molecule has 5 N–H and O–H groups in total. The first-order chi connectivity index (χ1) is 23.5. The molecule has 1 aromatic carbocycles. The first-order valence-corrected chi connectivity index (χ1v) is 16.6. The van der Waals surface area contributed by atoms with Gasteiger partial charge >= 0.3 is 6.09 Å². The molecular weight excluding hydrogens is 689 g/mol. The van der Waals surface area contributed by atoms with E-state index in [1.54, 1.807) is 26.8 Å². The highest BCUT2D eigenvalue weighted by molar-refractivity contribution is 6.42. The van der Waals surface area contributed by atoms with Gasteiger partial charge in [-0.3, -0.25) is 24.1 Å². The molecule has 6 atom stereocenters. The van der Waals surface area contributed by atoms with E-state index in [-0.39, 0.29) is 56.9 Å². The van der Waals surface area contributed by atoms with Gasteiger partial charge in [-0.05, 0) is 56.4 Å². The molecule has 1 unspecified atom stereocenters. The van der Waals surface area contributed by atoms with Gasteiger partial charge in [0.05, 0.1) is 40.2 Å². The third kappa shape index (κ3) is 9.79. The molecule has 2 amide bonds. The Kier molecular flexibility index (Phi) is 14.3. The molecule has 50 heavy (non-hydrogen) atoms. The Morgan fingerprint density at radius 3 is 2.34 bits per heavy atom. The molecule has 2 bridgehead atoms. The Bertz CT molecular complexity index is 1680. The predicted octanol–water partition coefficient (Wildman–Crippen LogP) is 4.62. The minimum atomic E-state index is -1.05. The highest BCUT2D eigenvalue weighted by Crippen LogP contribution is 2.31. The number of methoxy groups -OCH3 is 2. The molecule has 1 aromatic rings. The number of hydrogen-bond acceptors (Lipinski definition) is 10. The van der Waals surface area contributed by atoms with Crippen LogP contribution in [0.2, 0.25) is 10.0 Å². The lowest BCUT2D eigenvalue weighted by Crippen LogP contribution is -2.41. The van der Waals surface area contributed by atoms with Crippen LogP contribution in [0.25, 0.3) is 0 Å². The number of nitrogens with two attached hydrogens (primary N) is 2. The minimum absolute atomic E-state index is 0.00788. The Balaban J connectivity index is 2.19. The van der Waals surface area contributed by atoms with Crippen molar-refractivity contribution in [1.29, 1.82) is 0 Å². The van der Waals surface area contributed by atoms with Crippen molar-refractivity contribution < 1.29 is 43.3 Å². The summed E-state index contributed by atoms with van der Waals surface area (Å²) in [5.41, 5.74) is 11.6. The normalized spacial score (nSPS) is 28.7. The monoisotopic (exact) mass is 731 g/mol. The number of carbonyl (C=O) groups excluding carboxylic acids is 5. The average molecular weight is 733 g/mol. The number of ketones is 3. The number of benzene rings is 1. The largest absolute Gasteiger partial charge is 0.439 e. The molecule has 0 saturated carbocycles. The first-order valence-electron chi connectivity index (χ1n) is 15.8. The molecule has 2 aliphatic rings. The lowest BCUT2D eigenvalue weighted by molar-refractivity contribution is -0.128. The van der Waals surface area contributed by atoms with Crippen LogP contribution in [0.3, 0.4) is 0 Å². The van der Waals surface area contributed by atoms with E-state index in [1.165, 1.54) is 57.6 Å². The second-order valence-corrected chi connectivity index (χ2v) is 13.2. The molecule has 1 heterocycles. The van der Waals surface area contributed by atoms with Crippen molar-refractivity contribution in [2.75, 3.05) is 20.8 Å². The number of fused-ring (bicyclic) bond motifs is 2. The van der Waals surface area contributed by atoms with E-state index in [4.69, 9.17) is 48.9 Å². The molecule has 0 fully saturated rings. The summed E-state index contributed by atoms with van der Waals surface area (Å²) < 4.78 is 16.6. The van der Waals surface area contributed by atoms with Crippen LogP contribution in [0.1, 0.15) is 50.9 Å². The number of allylic oxidation sites excluding steroid dienone is 4. The third-order valence-corrected chi connectivity index (χ3v) is 9.37. The number of primary amides is 1. The molecule has 1 aliphatic heterocycles. The van der Waals surface area contributed by atoms with Gasteiger partial charge in [0, 0.05) is 42.9 Å². The van der Waals surface area contributed by atoms with Gasteiger partial charge in [0.2, 0.25) is 11.6 Å². The maximum Gasteiger partial charge on any atom is 0.405 e. The molecule has 14 heteroatoms. The number of carbonyl (C=O) groups is 5. The minimum Gasteiger partial charge on any atom is -0.439 e. The number of hydrogen-bond donors (Lipinski definition) is 3. The zero-order valence-electron chi connectivity index (χ0n) is 28.8. The van der Waals surface area contributed by atoms with Crippen molar-refractivity contribution in [3.05, 3.63) is 92.3 Å². The van der Waals surface area contributed by atoms with Crippen LogP contribution in [-0.4, -0.2) is 84.5 Å². The van der Waals surface area contributed by atoms with Crippen molar-refractivity contribution >= 4 is 52.6 Å². The van der Waals surface area contributed by atoms with Gasteiger partial charge in [0.15, 0.2) is 11.9 Å². The topological polar surface area (TPSA) is 189 Å². The number of halogens is 2. The van der Waals surface area contributed by atoms with E-state index in [9.17, 15) is 29.1 Å². The van der Waals surface area contributed by atoms with Crippen molar-refractivity contribution in [1.82, 2.24) is 4.90 Å². The van der Waals surface area contributed by atoms with Gasteiger partial charge in [-0.15, -0.1) is 0 Å². The molecule has 1 aliphatic carbocycles. The zero-order valence-corrected chi connectivity index (χ0v) is 30.3. The highest BCUT2D eigenvalue weighted by atomic mass is 35.5. The number of ether oxygens (including phenoxy) is 3.